The van der Waals surface area contributed by atoms with E-state index in [0.717, 1.165) is 34.1 Å². The molecule has 10 heteroatoms. The van der Waals surface area contributed by atoms with Gasteiger partial charge in [-0.3, -0.25) is 14.3 Å². The normalized spacial score (nSPS) is 14.8. The number of nitrogens with one attached hydrogen (secondary N) is 2. The van der Waals surface area contributed by atoms with Crippen LogP contribution in [0.25, 0.3) is 10.8 Å². The van der Waals surface area contributed by atoms with E-state index in [-0.39, 0.29) is 18.7 Å². The van der Waals surface area contributed by atoms with Gasteiger partial charge in [0.25, 0.3) is 0 Å². The lowest BCUT2D eigenvalue weighted by Crippen LogP contribution is -2.53. The Morgan fingerprint density at radius 1 is 0.927 bits per heavy atom. The maximum Gasteiger partial charge on any atom is 0.245 e. The minimum Gasteiger partial charge on any atom is -0.343 e. The standard InChI is InChI=1S/C31H30N4O4S2/c32-21-23-14-12-22(13-15-23)19-28(31(37)35-16-3-4-17-35)33-30(36)29(20-25-9-6-18-40-25)41(38,39)34-27-11-5-8-24-7-1-2-10-26(24)27/h1-2,5-15,18,28-29,34H,3-4,16-17,19-20H2,(H,33,36). The number of likely N-dealkylation sites (tertiary alicyclic amines) is 1. The fourth-order valence-corrected chi connectivity index (χ4v) is 7.30. The molecule has 2 unspecified atom stereocenters. The molecule has 1 saturated heterocycles. The van der Waals surface area contributed by atoms with E-state index in [0.29, 0.717) is 24.3 Å². The summed E-state index contributed by atoms with van der Waals surface area (Å²) in [6.45, 7) is 1.19. The second-order valence-electron chi connectivity index (χ2n) is 10.1. The molecule has 210 valence electrons. The third-order valence-corrected chi connectivity index (χ3v) is 9.76. The van der Waals surface area contributed by atoms with Gasteiger partial charge in [-0.2, -0.15) is 5.26 Å². The number of amides is 2. The molecular weight excluding hydrogens is 556 g/mol. The first-order valence-electron chi connectivity index (χ1n) is 13.4. The van der Waals surface area contributed by atoms with Gasteiger partial charge in [0.2, 0.25) is 21.8 Å². The monoisotopic (exact) mass is 586 g/mol. The van der Waals surface area contributed by atoms with Crippen molar-refractivity contribution < 1.29 is 18.0 Å². The molecule has 0 aliphatic carbocycles. The first kappa shape index (κ1) is 28.3. The first-order chi connectivity index (χ1) is 19.8. The Bertz CT molecular complexity index is 1670. The molecule has 1 aliphatic heterocycles. The van der Waals surface area contributed by atoms with E-state index in [1.165, 1.54) is 11.3 Å². The molecule has 0 radical (unpaired) electrons. The predicted octanol–water partition coefficient (Wildman–Crippen LogP) is 4.48. The Labute approximate surface area is 243 Å². The van der Waals surface area contributed by atoms with Crippen molar-refractivity contribution in [3.8, 4) is 6.07 Å². The van der Waals surface area contributed by atoms with Crippen LogP contribution in [0.15, 0.2) is 84.2 Å². The molecule has 1 aliphatic rings. The molecule has 0 saturated carbocycles. The number of nitriles is 1. The molecule has 8 nitrogen and oxygen atoms in total. The van der Waals surface area contributed by atoms with Gasteiger partial charge >= 0.3 is 0 Å². The van der Waals surface area contributed by atoms with Crippen LogP contribution in [0.1, 0.15) is 28.8 Å². The molecule has 1 aromatic heterocycles. The van der Waals surface area contributed by atoms with Gasteiger partial charge in [-0.1, -0.05) is 54.6 Å². The average molecular weight is 587 g/mol. The van der Waals surface area contributed by atoms with Crippen LogP contribution < -0.4 is 10.0 Å². The lowest BCUT2D eigenvalue weighted by molar-refractivity contribution is -0.135. The van der Waals surface area contributed by atoms with Crippen molar-refractivity contribution in [3.05, 3.63) is 100 Å². The summed E-state index contributed by atoms with van der Waals surface area (Å²) >= 11 is 1.37. The van der Waals surface area contributed by atoms with Crippen molar-refractivity contribution >= 4 is 49.6 Å². The smallest absolute Gasteiger partial charge is 0.245 e. The molecule has 3 aromatic carbocycles. The highest BCUT2D eigenvalue weighted by atomic mass is 32.2. The minimum atomic E-state index is -4.23. The molecule has 2 amide bonds. The molecule has 2 N–H and O–H groups in total. The van der Waals surface area contributed by atoms with Crippen LogP contribution in [-0.4, -0.2) is 49.5 Å². The molecule has 2 atom stereocenters. The van der Waals surface area contributed by atoms with E-state index in [4.69, 9.17) is 5.26 Å². The second kappa shape index (κ2) is 12.5. The Balaban J connectivity index is 1.44. The first-order valence-corrected chi connectivity index (χ1v) is 15.9. The summed E-state index contributed by atoms with van der Waals surface area (Å²) in [4.78, 5) is 29.8. The molecule has 0 bridgehead atoms. The highest BCUT2D eigenvalue weighted by Crippen LogP contribution is 2.26. The van der Waals surface area contributed by atoms with E-state index in [1.807, 2.05) is 41.8 Å². The van der Waals surface area contributed by atoms with Gasteiger partial charge in [-0.05, 0) is 53.4 Å². The third kappa shape index (κ3) is 6.76. The number of carbonyl (C=O) groups is 2. The van der Waals surface area contributed by atoms with Gasteiger partial charge in [0.15, 0.2) is 5.25 Å². The lowest BCUT2D eigenvalue weighted by atomic mass is 10.0. The quantitative estimate of drug-likeness (QED) is 0.284. The highest BCUT2D eigenvalue weighted by Gasteiger charge is 2.37. The number of benzene rings is 3. The van der Waals surface area contributed by atoms with Crippen LogP contribution in [0.3, 0.4) is 0 Å². The van der Waals surface area contributed by atoms with Crippen LogP contribution in [0, 0.1) is 11.3 Å². The van der Waals surface area contributed by atoms with Crippen LogP contribution in [-0.2, 0) is 32.5 Å². The van der Waals surface area contributed by atoms with E-state index in [2.05, 4.69) is 16.1 Å². The molecule has 2 heterocycles. The molecule has 1 fully saturated rings. The number of hydrogen-bond donors (Lipinski definition) is 2. The summed E-state index contributed by atoms with van der Waals surface area (Å²) in [5, 5.41) is 13.9. The van der Waals surface area contributed by atoms with Gasteiger partial charge in [0, 0.05) is 36.2 Å². The topological polar surface area (TPSA) is 119 Å². The Kier molecular flexibility index (Phi) is 8.67. The van der Waals surface area contributed by atoms with E-state index in [9.17, 15) is 18.0 Å². The molecule has 4 aromatic rings. The van der Waals surface area contributed by atoms with E-state index in [1.54, 1.807) is 47.4 Å². The summed E-state index contributed by atoms with van der Waals surface area (Å²) in [5.74, 6) is -0.980. The third-order valence-electron chi connectivity index (χ3n) is 7.23. The predicted molar refractivity (Wildman–Crippen MR) is 161 cm³/mol. The summed E-state index contributed by atoms with van der Waals surface area (Å²) in [6, 6.07) is 24.3. The fourth-order valence-electron chi connectivity index (χ4n) is 5.07. The zero-order valence-electron chi connectivity index (χ0n) is 22.3. The number of thiophene rings is 1. The molecule has 0 spiro atoms. The largest absolute Gasteiger partial charge is 0.343 e. The van der Waals surface area contributed by atoms with Gasteiger partial charge in [0.05, 0.1) is 17.3 Å². The maximum absolute atomic E-state index is 13.9. The van der Waals surface area contributed by atoms with Crippen molar-refractivity contribution in [2.24, 2.45) is 0 Å². The Hall–Kier alpha value is -4.20. The summed E-state index contributed by atoms with van der Waals surface area (Å²) < 4.78 is 30.4. The number of hydrogen-bond acceptors (Lipinski definition) is 6. The number of rotatable bonds is 10. The van der Waals surface area contributed by atoms with Crippen molar-refractivity contribution in [2.45, 2.75) is 37.0 Å². The average Bonchev–Trinajstić information content (AvgIpc) is 3.71. The highest BCUT2D eigenvalue weighted by molar-refractivity contribution is 7.94. The zero-order chi connectivity index (χ0) is 28.8. The maximum atomic E-state index is 13.9. The van der Waals surface area contributed by atoms with Crippen molar-refractivity contribution in [1.29, 1.82) is 5.26 Å². The number of fused-ring (bicyclic) bond motifs is 1. The Morgan fingerprint density at radius 3 is 2.37 bits per heavy atom. The summed E-state index contributed by atoms with van der Waals surface area (Å²) in [6.07, 6.45) is 1.90. The zero-order valence-corrected chi connectivity index (χ0v) is 24.0. The van der Waals surface area contributed by atoms with Gasteiger partial charge in [0.1, 0.15) is 6.04 Å². The van der Waals surface area contributed by atoms with Crippen molar-refractivity contribution in [2.75, 3.05) is 17.8 Å². The number of nitrogens with zero attached hydrogens (tertiary/aromatic N) is 2. The number of anilines is 1. The van der Waals surface area contributed by atoms with Crippen LogP contribution in [0.2, 0.25) is 0 Å². The van der Waals surface area contributed by atoms with E-state index >= 15 is 0 Å². The SMILES string of the molecule is N#Cc1ccc(CC(NC(=O)C(Cc2cccs2)S(=O)(=O)Nc2cccc3ccccc23)C(=O)N2CCCC2)cc1. The molecular formula is C31H30N4O4S2. The minimum absolute atomic E-state index is 0.0366. The second-order valence-corrected chi connectivity index (χ2v) is 12.9. The van der Waals surface area contributed by atoms with E-state index < -0.39 is 27.2 Å². The number of carbonyl (C=O) groups excluding carboxylic acids is 2. The fraction of sp³-hybridized carbons (Fsp3) is 0.258. The van der Waals surface area contributed by atoms with Gasteiger partial charge < -0.3 is 10.2 Å². The number of sulfonamides is 1. The van der Waals surface area contributed by atoms with Gasteiger partial charge in [-0.25, -0.2) is 8.42 Å². The van der Waals surface area contributed by atoms with Crippen molar-refractivity contribution in [1.82, 2.24) is 10.2 Å². The Morgan fingerprint density at radius 2 is 1.66 bits per heavy atom. The summed E-state index contributed by atoms with van der Waals surface area (Å²) in [7, 11) is -4.23. The van der Waals surface area contributed by atoms with Crippen LogP contribution in [0.4, 0.5) is 5.69 Å². The van der Waals surface area contributed by atoms with Gasteiger partial charge in [-0.15, -0.1) is 11.3 Å². The molecule has 41 heavy (non-hydrogen) atoms. The molecule has 5 rings (SSSR count). The van der Waals surface area contributed by atoms with Crippen LogP contribution >= 0.6 is 11.3 Å². The van der Waals surface area contributed by atoms with Crippen LogP contribution in [0.5, 0.6) is 0 Å². The lowest BCUT2D eigenvalue weighted by Gasteiger charge is -2.26. The van der Waals surface area contributed by atoms with Crippen molar-refractivity contribution in [3.63, 3.8) is 0 Å². The summed E-state index contributed by atoms with van der Waals surface area (Å²) in [5.41, 5.74) is 1.63.